The summed E-state index contributed by atoms with van der Waals surface area (Å²) in [4.78, 5) is 0. The van der Waals surface area contributed by atoms with E-state index in [2.05, 4.69) is 46.4 Å². The largest absolute Gasteiger partial charge is 0.0998 e. The summed E-state index contributed by atoms with van der Waals surface area (Å²) in [6, 6.07) is 0. The van der Waals surface area contributed by atoms with Gasteiger partial charge in [0.1, 0.15) is 0 Å². The SMILES string of the molecule is C=C(C)[C@@H]1C/C=C(/C)CC/C=C(\C)CC1C. The van der Waals surface area contributed by atoms with Crippen LogP contribution in [-0.4, -0.2) is 0 Å². The number of hydrogen-bond donors (Lipinski definition) is 0. The molecule has 1 unspecified atom stereocenters. The highest BCUT2D eigenvalue weighted by molar-refractivity contribution is 5.11. The van der Waals surface area contributed by atoms with E-state index in [0.717, 1.165) is 5.92 Å². The lowest BCUT2D eigenvalue weighted by Gasteiger charge is -2.24. The Morgan fingerprint density at radius 2 is 1.94 bits per heavy atom. The van der Waals surface area contributed by atoms with Gasteiger partial charge in [-0.15, -0.1) is 0 Å². The molecule has 1 aliphatic rings. The van der Waals surface area contributed by atoms with Gasteiger partial charge in [0.05, 0.1) is 0 Å². The lowest BCUT2D eigenvalue weighted by molar-refractivity contribution is 0.408. The van der Waals surface area contributed by atoms with Crippen LogP contribution < -0.4 is 0 Å². The minimum atomic E-state index is 0.649. The first-order valence-electron chi connectivity index (χ1n) is 6.47. The van der Waals surface area contributed by atoms with Crippen LogP contribution in [0.5, 0.6) is 0 Å². The summed E-state index contributed by atoms with van der Waals surface area (Å²) in [6.07, 6.45) is 9.66. The first-order chi connectivity index (χ1) is 7.50. The lowest BCUT2D eigenvalue weighted by atomic mass is 9.81. The number of allylic oxidation sites excluding steroid dienone is 5. The smallest absolute Gasteiger partial charge is 0.0145 e. The molecule has 0 N–H and O–H groups in total. The highest BCUT2D eigenvalue weighted by Crippen LogP contribution is 2.30. The van der Waals surface area contributed by atoms with E-state index >= 15 is 0 Å². The van der Waals surface area contributed by atoms with Crippen molar-refractivity contribution in [3.63, 3.8) is 0 Å². The lowest BCUT2D eigenvalue weighted by Crippen LogP contribution is -2.13. The predicted molar refractivity (Wildman–Crippen MR) is 73.5 cm³/mol. The Labute approximate surface area is 101 Å². The van der Waals surface area contributed by atoms with E-state index in [-0.39, 0.29) is 0 Å². The second kappa shape index (κ2) is 6.08. The monoisotopic (exact) mass is 218 g/mol. The molecule has 0 heteroatoms. The fourth-order valence-electron chi connectivity index (χ4n) is 2.63. The summed E-state index contributed by atoms with van der Waals surface area (Å²) in [6.45, 7) is 13.2. The van der Waals surface area contributed by atoms with E-state index in [1.165, 1.54) is 36.8 Å². The Kier molecular flexibility index (Phi) is 5.05. The highest BCUT2D eigenvalue weighted by atomic mass is 14.2. The van der Waals surface area contributed by atoms with Crippen molar-refractivity contribution in [3.8, 4) is 0 Å². The van der Waals surface area contributed by atoms with Gasteiger partial charge in [-0.3, -0.25) is 0 Å². The van der Waals surface area contributed by atoms with Crippen molar-refractivity contribution >= 4 is 0 Å². The van der Waals surface area contributed by atoms with Crippen LogP contribution in [0.3, 0.4) is 0 Å². The predicted octanol–water partition coefficient (Wildman–Crippen LogP) is 5.28. The molecule has 0 aromatic rings. The molecule has 90 valence electrons. The molecule has 1 rings (SSSR count). The third-order valence-electron chi connectivity index (χ3n) is 3.72. The summed E-state index contributed by atoms with van der Waals surface area (Å²) >= 11 is 0. The van der Waals surface area contributed by atoms with Gasteiger partial charge in [-0.1, -0.05) is 42.4 Å². The fourth-order valence-corrected chi connectivity index (χ4v) is 2.63. The van der Waals surface area contributed by atoms with Crippen molar-refractivity contribution < 1.29 is 0 Å². The summed E-state index contributed by atoms with van der Waals surface area (Å²) < 4.78 is 0. The maximum atomic E-state index is 4.16. The third kappa shape index (κ3) is 4.00. The normalized spacial score (nSPS) is 34.5. The average Bonchev–Trinajstić information content (AvgIpc) is 2.16. The second-order valence-corrected chi connectivity index (χ2v) is 5.51. The van der Waals surface area contributed by atoms with Crippen LogP contribution in [0.1, 0.15) is 53.4 Å². The Bertz CT molecular complexity index is 304. The van der Waals surface area contributed by atoms with Gasteiger partial charge in [-0.25, -0.2) is 0 Å². The van der Waals surface area contributed by atoms with Crippen LogP contribution in [0.4, 0.5) is 0 Å². The van der Waals surface area contributed by atoms with Crippen LogP contribution in [0.25, 0.3) is 0 Å². The molecule has 0 nitrogen and oxygen atoms in total. The highest BCUT2D eigenvalue weighted by Gasteiger charge is 2.17. The first-order valence-corrected chi connectivity index (χ1v) is 6.47. The zero-order valence-electron chi connectivity index (χ0n) is 11.3. The third-order valence-corrected chi connectivity index (χ3v) is 3.72. The Hall–Kier alpha value is -0.780. The zero-order valence-corrected chi connectivity index (χ0v) is 11.3. The van der Waals surface area contributed by atoms with E-state index in [9.17, 15) is 0 Å². The molecule has 0 bridgehead atoms. The molecule has 0 saturated heterocycles. The minimum Gasteiger partial charge on any atom is -0.0998 e. The minimum absolute atomic E-state index is 0.649. The van der Waals surface area contributed by atoms with E-state index < -0.39 is 0 Å². The Morgan fingerprint density at radius 3 is 2.56 bits per heavy atom. The summed E-state index contributed by atoms with van der Waals surface area (Å²) in [5, 5.41) is 0. The Balaban J connectivity index is 2.84. The molecule has 1 aliphatic carbocycles. The van der Waals surface area contributed by atoms with Crippen molar-refractivity contribution in [1.29, 1.82) is 0 Å². The quantitative estimate of drug-likeness (QED) is 0.525. The molecule has 0 aromatic heterocycles. The number of hydrogen-bond acceptors (Lipinski definition) is 0. The van der Waals surface area contributed by atoms with Gasteiger partial charge in [-0.2, -0.15) is 0 Å². The summed E-state index contributed by atoms with van der Waals surface area (Å²) in [5.74, 6) is 1.37. The van der Waals surface area contributed by atoms with E-state index in [1.54, 1.807) is 5.57 Å². The van der Waals surface area contributed by atoms with Crippen LogP contribution in [0.15, 0.2) is 35.5 Å². The molecule has 16 heavy (non-hydrogen) atoms. The van der Waals surface area contributed by atoms with Gasteiger partial charge in [0, 0.05) is 0 Å². The second-order valence-electron chi connectivity index (χ2n) is 5.51. The van der Waals surface area contributed by atoms with Gasteiger partial charge < -0.3 is 0 Å². The van der Waals surface area contributed by atoms with Gasteiger partial charge in [0.2, 0.25) is 0 Å². The summed E-state index contributed by atoms with van der Waals surface area (Å²) in [5.41, 5.74) is 4.42. The van der Waals surface area contributed by atoms with Crippen molar-refractivity contribution in [2.24, 2.45) is 11.8 Å². The zero-order chi connectivity index (χ0) is 12.1. The molecule has 0 spiro atoms. The van der Waals surface area contributed by atoms with Gasteiger partial charge in [0.15, 0.2) is 0 Å². The molecular formula is C16H26. The van der Waals surface area contributed by atoms with Crippen molar-refractivity contribution in [2.75, 3.05) is 0 Å². The molecule has 0 amide bonds. The van der Waals surface area contributed by atoms with E-state index in [1.807, 2.05) is 0 Å². The maximum Gasteiger partial charge on any atom is -0.0145 e. The molecule has 0 aromatic carbocycles. The molecular weight excluding hydrogens is 192 g/mol. The maximum absolute atomic E-state index is 4.16. The van der Waals surface area contributed by atoms with Crippen LogP contribution in [-0.2, 0) is 0 Å². The Morgan fingerprint density at radius 1 is 1.25 bits per heavy atom. The number of rotatable bonds is 1. The van der Waals surface area contributed by atoms with E-state index in [4.69, 9.17) is 0 Å². The fraction of sp³-hybridized carbons (Fsp3) is 0.625. The van der Waals surface area contributed by atoms with Crippen LogP contribution in [0.2, 0.25) is 0 Å². The van der Waals surface area contributed by atoms with Crippen LogP contribution >= 0.6 is 0 Å². The summed E-state index contributed by atoms with van der Waals surface area (Å²) in [7, 11) is 0. The average molecular weight is 218 g/mol. The van der Waals surface area contributed by atoms with Gasteiger partial charge in [-0.05, 0) is 58.3 Å². The molecule has 0 saturated carbocycles. The molecule has 0 heterocycles. The van der Waals surface area contributed by atoms with Crippen molar-refractivity contribution in [1.82, 2.24) is 0 Å². The van der Waals surface area contributed by atoms with Crippen LogP contribution in [0, 0.1) is 11.8 Å². The first kappa shape index (κ1) is 13.3. The standard InChI is InChI=1S/C16H26/c1-12(2)16-10-9-13(3)7-6-8-14(4)11-15(16)5/h8-9,15-16H,1,6-7,10-11H2,2-5H3/b13-9-,14-8+/t15?,16-/m0/s1. The topological polar surface area (TPSA) is 0 Å². The molecule has 0 fully saturated rings. The van der Waals surface area contributed by atoms with Gasteiger partial charge in [0.25, 0.3) is 0 Å². The molecule has 2 atom stereocenters. The van der Waals surface area contributed by atoms with Gasteiger partial charge >= 0.3 is 0 Å². The van der Waals surface area contributed by atoms with Crippen molar-refractivity contribution in [2.45, 2.75) is 53.4 Å². The molecule has 0 aliphatic heterocycles. The molecule has 0 radical (unpaired) electrons. The van der Waals surface area contributed by atoms with E-state index in [0.29, 0.717) is 5.92 Å². The van der Waals surface area contributed by atoms with Crippen molar-refractivity contribution in [3.05, 3.63) is 35.5 Å².